The summed E-state index contributed by atoms with van der Waals surface area (Å²) in [5.41, 5.74) is 0.198. The maximum atomic E-state index is 14.6. The lowest BCUT2D eigenvalue weighted by atomic mass is 9.67. The Morgan fingerprint density at radius 1 is 1.08 bits per heavy atom. The van der Waals surface area contributed by atoms with Crippen molar-refractivity contribution in [2.75, 3.05) is 18.5 Å². The van der Waals surface area contributed by atoms with Crippen molar-refractivity contribution < 1.29 is 22.4 Å². The normalized spacial score (nSPS) is 23.8. The van der Waals surface area contributed by atoms with E-state index >= 15 is 0 Å². The Balaban J connectivity index is 1.80. The van der Waals surface area contributed by atoms with Gasteiger partial charge in [0, 0.05) is 30.8 Å². The van der Waals surface area contributed by atoms with Gasteiger partial charge < -0.3 is 4.90 Å². The number of hydrogen-bond acceptors (Lipinski definition) is 4. The minimum Gasteiger partial charge on any atom is -0.314 e. The van der Waals surface area contributed by atoms with E-state index in [0.717, 1.165) is 9.87 Å². The van der Waals surface area contributed by atoms with Crippen molar-refractivity contribution >= 4 is 27.4 Å². The number of Topliss-reactive ketones (excluding diaryl/α,β-unsaturated/α-hetero) is 1. The van der Waals surface area contributed by atoms with Crippen molar-refractivity contribution in [3.8, 4) is 0 Å². The van der Waals surface area contributed by atoms with Crippen molar-refractivity contribution in [3.63, 3.8) is 0 Å². The molecule has 1 fully saturated rings. The van der Waals surface area contributed by atoms with E-state index in [0.29, 0.717) is 5.69 Å². The first-order chi connectivity index (χ1) is 17.1. The Bertz CT molecular complexity index is 1490. The van der Waals surface area contributed by atoms with Crippen LogP contribution in [0.4, 0.5) is 10.1 Å². The molecular weight excluding hydrogens is 479 g/mol. The highest BCUT2D eigenvalue weighted by atomic mass is 32.2. The molecule has 6 nitrogen and oxygen atoms in total. The minimum absolute atomic E-state index is 0.0112. The van der Waals surface area contributed by atoms with Gasteiger partial charge in [-0.1, -0.05) is 54.1 Å². The Hall–Kier alpha value is -3.62. The zero-order chi connectivity index (χ0) is 25.8. The van der Waals surface area contributed by atoms with Gasteiger partial charge in [-0.2, -0.15) is 4.31 Å². The molecule has 0 N–H and O–H groups in total. The fraction of sp³-hybridized carbons (Fsp3) is 0.214. The van der Waals surface area contributed by atoms with Crippen LogP contribution in [0.15, 0.2) is 90.3 Å². The second kappa shape index (κ2) is 8.50. The van der Waals surface area contributed by atoms with Crippen LogP contribution in [0.1, 0.15) is 21.5 Å². The number of likely N-dealkylation sites (N-methyl/N-ethyl adjacent to an activating group) is 1. The van der Waals surface area contributed by atoms with E-state index in [1.165, 1.54) is 41.3 Å². The summed E-state index contributed by atoms with van der Waals surface area (Å²) in [6, 6.07) is 17.1. The maximum absolute atomic E-state index is 14.6. The zero-order valence-corrected chi connectivity index (χ0v) is 20.7. The maximum Gasteiger partial charge on any atom is 0.243 e. The van der Waals surface area contributed by atoms with Crippen LogP contribution in [0.2, 0.25) is 0 Å². The summed E-state index contributed by atoms with van der Waals surface area (Å²) in [5.74, 6) is -2.35. The molecule has 1 spiro atoms. The summed E-state index contributed by atoms with van der Waals surface area (Å²) >= 11 is 0. The lowest BCUT2D eigenvalue weighted by molar-refractivity contribution is -0.124. The second-order valence-electron chi connectivity index (χ2n) is 9.26. The van der Waals surface area contributed by atoms with Gasteiger partial charge in [0.25, 0.3) is 0 Å². The molecule has 184 valence electrons. The average molecular weight is 505 g/mol. The lowest BCUT2D eigenvalue weighted by Crippen LogP contribution is -2.55. The van der Waals surface area contributed by atoms with Crippen LogP contribution in [0, 0.1) is 18.7 Å². The number of benzene rings is 3. The number of ketones is 1. The Kier molecular flexibility index (Phi) is 5.69. The van der Waals surface area contributed by atoms with Gasteiger partial charge in [0.2, 0.25) is 15.9 Å². The fourth-order valence-electron chi connectivity index (χ4n) is 5.57. The molecule has 0 aromatic heterocycles. The van der Waals surface area contributed by atoms with Gasteiger partial charge in [0.05, 0.1) is 4.90 Å². The van der Waals surface area contributed by atoms with E-state index < -0.39 is 44.9 Å². The molecule has 5 rings (SSSR count). The molecule has 2 aliphatic rings. The molecule has 1 amide bonds. The largest absolute Gasteiger partial charge is 0.314 e. The number of rotatable bonds is 5. The quantitative estimate of drug-likeness (QED) is 0.387. The van der Waals surface area contributed by atoms with Crippen LogP contribution in [0.25, 0.3) is 0 Å². The van der Waals surface area contributed by atoms with Crippen LogP contribution in [0.3, 0.4) is 0 Å². The molecule has 3 aromatic rings. The van der Waals surface area contributed by atoms with Crippen LogP contribution in [-0.4, -0.2) is 44.0 Å². The van der Waals surface area contributed by atoms with Crippen LogP contribution in [0.5, 0.6) is 0 Å². The number of carbonyl (C=O) groups is 2. The summed E-state index contributed by atoms with van der Waals surface area (Å²) in [4.78, 5) is 29.6. The van der Waals surface area contributed by atoms with Crippen molar-refractivity contribution in [2.45, 2.75) is 23.3 Å². The number of aryl methyl sites for hydroxylation is 1. The molecule has 0 aliphatic carbocycles. The molecule has 1 saturated heterocycles. The minimum atomic E-state index is -4.22. The van der Waals surface area contributed by atoms with Gasteiger partial charge >= 0.3 is 0 Å². The smallest absolute Gasteiger partial charge is 0.243 e. The third-order valence-corrected chi connectivity index (χ3v) is 9.17. The van der Waals surface area contributed by atoms with Crippen molar-refractivity contribution in [1.82, 2.24) is 4.31 Å². The van der Waals surface area contributed by atoms with Crippen molar-refractivity contribution in [3.05, 3.63) is 108 Å². The van der Waals surface area contributed by atoms with Gasteiger partial charge in [0.15, 0.2) is 5.78 Å². The summed E-state index contributed by atoms with van der Waals surface area (Å²) in [5, 5.41) is 0. The van der Waals surface area contributed by atoms with Crippen molar-refractivity contribution in [2.24, 2.45) is 5.92 Å². The second-order valence-corrected chi connectivity index (χ2v) is 11.1. The Morgan fingerprint density at radius 3 is 2.39 bits per heavy atom. The molecular formula is C28H25FN2O4S. The molecule has 3 aromatic carbocycles. The van der Waals surface area contributed by atoms with Crippen LogP contribution >= 0.6 is 0 Å². The van der Waals surface area contributed by atoms with Gasteiger partial charge in [-0.15, -0.1) is 6.58 Å². The SMILES string of the molecule is C=C[C@@H]1CN(S(=O)(=O)c2ccc(C)cc2)[C@@H](C(=O)c2ccccc2)[C@]12C(=O)N(C)c1ccc(F)cc12. The number of sulfonamides is 1. The molecule has 2 aliphatic heterocycles. The molecule has 8 heteroatoms. The van der Waals surface area contributed by atoms with E-state index in [9.17, 15) is 22.4 Å². The van der Waals surface area contributed by atoms with E-state index in [-0.39, 0.29) is 22.6 Å². The van der Waals surface area contributed by atoms with Gasteiger partial charge in [-0.25, -0.2) is 12.8 Å². The highest BCUT2D eigenvalue weighted by Gasteiger charge is 2.68. The summed E-state index contributed by atoms with van der Waals surface area (Å²) in [6.07, 6.45) is 1.50. The van der Waals surface area contributed by atoms with Crippen molar-refractivity contribution in [1.29, 1.82) is 0 Å². The molecule has 0 radical (unpaired) electrons. The predicted molar refractivity (Wildman–Crippen MR) is 135 cm³/mol. The number of nitrogens with zero attached hydrogens (tertiary/aromatic N) is 2. The van der Waals surface area contributed by atoms with Gasteiger partial charge in [-0.3, -0.25) is 9.59 Å². The van der Waals surface area contributed by atoms with E-state index in [1.54, 1.807) is 49.5 Å². The summed E-state index contributed by atoms with van der Waals surface area (Å²) in [6.45, 7) is 5.57. The van der Waals surface area contributed by atoms with E-state index in [4.69, 9.17) is 0 Å². The fourth-order valence-corrected chi connectivity index (χ4v) is 7.22. The predicted octanol–water partition coefficient (Wildman–Crippen LogP) is 4.11. The number of amides is 1. The topological polar surface area (TPSA) is 74.8 Å². The van der Waals surface area contributed by atoms with E-state index in [1.807, 2.05) is 6.92 Å². The standard InChI is InChI=1S/C28H25FN2O4S/c1-4-20-17-31(36(34,35)22-13-10-18(2)11-14-22)26(25(32)19-8-6-5-7-9-19)28(20)23-16-21(29)12-15-24(23)30(3)27(28)33/h4-16,20,26H,1,17H2,2-3H3/t20-,26+,28+/m1/s1. The number of fused-ring (bicyclic) bond motifs is 2. The molecule has 3 atom stereocenters. The lowest BCUT2D eigenvalue weighted by Gasteiger charge is -2.35. The van der Waals surface area contributed by atoms with Gasteiger partial charge in [-0.05, 0) is 42.8 Å². The van der Waals surface area contributed by atoms with E-state index in [2.05, 4.69) is 6.58 Å². The molecule has 0 saturated carbocycles. The summed E-state index contributed by atoms with van der Waals surface area (Å²) in [7, 11) is -2.67. The molecule has 36 heavy (non-hydrogen) atoms. The average Bonchev–Trinajstić information content (AvgIpc) is 3.34. The monoisotopic (exact) mass is 504 g/mol. The van der Waals surface area contributed by atoms with Gasteiger partial charge in [0.1, 0.15) is 17.3 Å². The number of halogens is 1. The zero-order valence-electron chi connectivity index (χ0n) is 19.9. The number of hydrogen-bond donors (Lipinski definition) is 0. The molecule has 0 bridgehead atoms. The summed E-state index contributed by atoms with van der Waals surface area (Å²) < 4.78 is 43.7. The number of carbonyl (C=O) groups excluding carboxylic acids is 2. The first-order valence-electron chi connectivity index (χ1n) is 11.5. The first kappa shape index (κ1) is 24.1. The Labute approximate surface area is 209 Å². The highest BCUT2D eigenvalue weighted by Crippen LogP contribution is 2.55. The number of anilines is 1. The Morgan fingerprint density at radius 2 is 1.75 bits per heavy atom. The highest BCUT2D eigenvalue weighted by molar-refractivity contribution is 7.89. The molecule has 2 heterocycles. The third-order valence-electron chi connectivity index (χ3n) is 7.32. The third kappa shape index (κ3) is 3.28. The first-order valence-corrected chi connectivity index (χ1v) is 13.0. The molecule has 0 unspecified atom stereocenters. The van der Waals surface area contributed by atoms with Crippen LogP contribution in [-0.2, 0) is 20.2 Å². The van der Waals surface area contributed by atoms with Crippen LogP contribution < -0.4 is 4.90 Å².